The Balaban J connectivity index is 1.61. The van der Waals surface area contributed by atoms with E-state index in [2.05, 4.69) is 106 Å². The topological polar surface area (TPSA) is 17.8 Å². The Morgan fingerprint density at radius 3 is 2.32 bits per heavy atom. The van der Waals surface area contributed by atoms with Crippen LogP contribution in [0.15, 0.2) is 89.5 Å². The third-order valence-corrected chi connectivity index (χ3v) is 7.46. The third kappa shape index (κ3) is 4.54. The van der Waals surface area contributed by atoms with Crippen molar-refractivity contribution in [3.63, 3.8) is 0 Å². The lowest BCUT2D eigenvalue weighted by Gasteiger charge is -2.17. The zero-order chi connectivity index (χ0) is 23.5. The van der Waals surface area contributed by atoms with Gasteiger partial charge in [0.1, 0.15) is 0 Å². The van der Waals surface area contributed by atoms with Crippen LogP contribution in [0.4, 0.5) is 0 Å². The van der Waals surface area contributed by atoms with Crippen LogP contribution in [0.25, 0.3) is 44.2 Å². The number of hydrogen-bond donors (Lipinski definition) is 0. The fourth-order valence-electron chi connectivity index (χ4n) is 5.02. The summed E-state index contributed by atoms with van der Waals surface area (Å²) in [7, 11) is 0. The van der Waals surface area contributed by atoms with Gasteiger partial charge in [0, 0.05) is 44.6 Å². The van der Waals surface area contributed by atoms with E-state index in [9.17, 15) is 0 Å². The molecule has 34 heavy (non-hydrogen) atoms. The molecular formula is C31H31BrN2. The van der Waals surface area contributed by atoms with Crippen LogP contribution >= 0.6 is 15.9 Å². The number of unbranched alkanes of at least 4 members (excludes halogenated alkanes) is 1. The Morgan fingerprint density at radius 1 is 0.794 bits per heavy atom. The molecule has 0 radical (unpaired) electrons. The van der Waals surface area contributed by atoms with Crippen molar-refractivity contribution in [3.05, 3.63) is 89.5 Å². The van der Waals surface area contributed by atoms with Crippen molar-refractivity contribution in [1.82, 2.24) is 9.55 Å². The monoisotopic (exact) mass is 510 g/mol. The van der Waals surface area contributed by atoms with Gasteiger partial charge in [-0.2, -0.15) is 0 Å². The molecule has 0 aliphatic carbocycles. The lowest BCUT2D eigenvalue weighted by atomic mass is 9.99. The number of nitrogens with zero attached hydrogens (tertiary/aromatic N) is 2. The number of hydrogen-bond acceptors (Lipinski definition) is 1. The number of benzene rings is 3. The van der Waals surface area contributed by atoms with Gasteiger partial charge in [-0.05, 0) is 72.0 Å². The van der Waals surface area contributed by atoms with Crippen LogP contribution in [0.2, 0.25) is 0 Å². The number of pyridine rings is 1. The second-order valence-electron chi connectivity index (χ2n) is 9.22. The zero-order valence-electron chi connectivity index (χ0n) is 20.0. The average molecular weight is 512 g/mol. The highest BCUT2D eigenvalue weighted by atomic mass is 79.9. The zero-order valence-corrected chi connectivity index (χ0v) is 21.6. The van der Waals surface area contributed by atoms with E-state index in [-0.39, 0.29) is 0 Å². The molecule has 0 bridgehead atoms. The van der Waals surface area contributed by atoms with Crippen molar-refractivity contribution in [1.29, 1.82) is 0 Å². The molecular weight excluding hydrogens is 480 g/mol. The van der Waals surface area contributed by atoms with Crippen molar-refractivity contribution in [3.8, 4) is 22.4 Å². The SMILES string of the molecule is CCCCC(CC)Cn1c2ccc(Br)cc2c2cc(-c3cccc(-c4ccccn4)c3)ccc21. The lowest BCUT2D eigenvalue weighted by molar-refractivity contribution is 0.401. The minimum Gasteiger partial charge on any atom is -0.340 e. The maximum Gasteiger partial charge on any atom is 0.0702 e. The number of halogens is 1. The van der Waals surface area contributed by atoms with E-state index >= 15 is 0 Å². The summed E-state index contributed by atoms with van der Waals surface area (Å²) >= 11 is 3.71. The smallest absolute Gasteiger partial charge is 0.0702 e. The number of rotatable bonds is 8. The highest BCUT2D eigenvalue weighted by molar-refractivity contribution is 9.10. The first-order valence-electron chi connectivity index (χ1n) is 12.4. The molecule has 1 unspecified atom stereocenters. The Labute approximate surface area is 210 Å². The van der Waals surface area contributed by atoms with E-state index < -0.39 is 0 Å². The molecule has 0 fully saturated rings. The van der Waals surface area contributed by atoms with Crippen molar-refractivity contribution >= 4 is 37.7 Å². The minimum atomic E-state index is 0.706. The van der Waals surface area contributed by atoms with Gasteiger partial charge >= 0.3 is 0 Å². The molecule has 0 N–H and O–H groups in total. The summed E-state index contributed by atoms with van der Waals surface area (Å²) in [6.45, 7) is 5.69. The molecule has 2 heterocycles. The van der Waals surface area contributed by atoms with Gasteiger partial charge in [-0.1, -0.05) is 79.4 Å². The Hall–Kier alpha value is -2.91. The van der Waals surface area contributed by atoms with Gasteiger partial charge in [-0.3, -0.25) is 4.98 Å². The molecule has 0 amide bonds. The Bertz CT molecular complexity index is 1420. The van der Waals surface area contributed by atoms with Gasteiger partial charge in [0.05, 0.1) is 5.69 Å². The van der Waals surface area contributed by atoms with Crippen LogP contribution in [-0.2, 0) is 6.54 Å². The summed E-state index contributed by atoms with van der Waals surface area (Å²) in [5.74, 6) is 0.706. The van der Waals surface area contributed by atoms with Gasteiger partial charge < -0.3 is 4.57 Å². The van der Waals surface area contributed by atoms with E-state index in [0.717, 1.165) is 22.3 Å². The van der Waals surface area contributed by atoms with Crippen LogP contribution in [0.1, 0.15) is 39.5 Å². The Kier molecular flexibility index (Phi) is 6.82. The number of fused-ring (bicyclic) bond motifs is 3. The summed E-state index contributed by atoms with van der Waals surface area (Å²) < 4.78 is 3.68. The highest BCUT2D eigenvalue weighted by Crippen LogP contribution is 2.36. The van der Waals surface area contributed by atoms with E-state index in [0.29, 0.717) is 5.92 Å². The van der Waals surface area contributed by atoms with Crippen molar-refractivity contribution in [2.45, 2.75) is 46.1 Å². The molecule has 0 spiro atoms. The van der Waals surface area contributed by atoms with E-state index in [1.54, 1.807) is 0 Å². The second kappa shape index (κ2) is 10.1. The quantitative estimate of drug-likeness (QED) is 0.203. The van der Waals surface area contributed by atoms with E-state index in [1.165, 1.54) is 58.6 Å². The molecule has 5 rings (SSSR count). The summed E-state index contributed by atoms with van der Waals surface area (Å²) in [6, 6.07) is 28.4. The van der Waals surface area contributed by atoms with Crippen LogP contribution in [0, 0.1) is 5.92 Å². The predicted octanol–water partition coefficient (Wildman–Crippen LogP) is 9.50. The fourth-order valence-corrected chi connectivity index (χ4v) is 5.38. The summed E-state index contributed by atoms with van der Waals surface area (Å²) in [5, 5.41) is 2.64. The molecule has 2 nitrogen and oxygen atoms in total. The maximum atomic E-state index is 4.54. The van der Waals surface area contributed by atoms with Gasteiger partial charge in [0.15, 0.2) is 0 Å². The first-order chi connectivity index (χ1) is 16.7. The minimum absolute atomic E-state index is 0.706. The van der Waals surface area contributed by atoms with Crippen molar-refractivity contribution < 1.29 is 0 Å². The van der Waals surface area contributed by atoms with Gasteiger partial charge in [0.2, 0.25) is 0 Å². The summed E-state index contributed by atoms with van der Waals surface area (Å²) in [5.41, 5.74) is 7.26. The molecule has 0 aliphatic heterocycles. The molecule has 5 aromatic rings. The standard InChI is InChI=1S/C31H31BrN2/c1-3-5-9-22(4-2)21-34-30-15-13-24(19-27(30)28-20-26(32)14-16-31(28)34)23-10-8-11-25(18-23)29-12-6-7-17-33-29/h6-8,10-20,22H,3-5,9,21H2,1-2H3. The molecule has 3 heteroatoms. The first-order valence-corrected chi connectivity index (χ1v) is 13.2. The van der Waals surface area contributed by atoms with Crippen LogP contribution in [0.3, 0.4) is 0 Å². The van der Waals surface area contributed by atoms with Crippen molar-refractivity contribution in [2.24, 2.45) is 5.92 Å². The van der Waals surface area contributed by atoms with Crippen LogP contribution in [-0.4, -0.2) is 9.55 Å². The molecule has 0 saturated carbocycles. The molecule has 3 aromatic carbocycles. The van der Waals surface area contributed by atoms with Gasteiger partial charge in [0.25, 0.3) is 0 Å². The molecule has 172 valence electrons. The summed E-state index contributed by atoms with van der Waals surface area (Å²) in [6.07, 6.45) is 6.93. The van der Waals surface area contributed by atoms with E-state index in [4.69, 9.17) is 0 Å². The normalized spacial score (nSPS) is 12.4. The van der Waals surface area contributed by atoms with Gasteiger partial charge in [-0.15, -0.1) is 0 Å². The Morgan fingerprint density at radius 2 is 1.56 bits per heavy atom. The van der Waals surface area contributed by atoms with Gasteiger partial charge in [-0.25, -0.2) is 0 Å². The number of aromatic nitrogens is 2. The molecule has 0 aliphatic rings. The van der Waals surface area contributed by atoms with Crippen LogP contribution in [0.5, 0.6) is 0 Å². The molecule has 0 saturated heterocycles. The van der Waals surface area contributed by atoms with E-state index in [1.807, 2.05) is 18.3 Å². The second-order valence-corrected chi connectivity index (χ2v) is 10.1. The summed E-state index contributed by atoms with van der Waals surface area (Å²) in [4.78, 5) is 4.54. The lowest BCUT2D eigenvalue weighted by Crippen LogP contribution is -2.10. The van der Waals surface area contributed by atoms with Crippen molar-refractivity contribution in [2.75, 3.05) is 0 Å². The first kappa shape index (κ1) is 22.9. The van der Waals surface area contributed by atoms with Crippen LogP contribution < -0.4 is 0 Å². The molecule has 1 atom stereocenters. The third-order valence-electron chi connectivity index (χ3n) is 6.97. The maximum absolute atomic E-state index is 4.54. The predicted molar refractivity (Wildman–Crippen MR) is 149 cm³/mol. The largest absolute Gasteiger partial charge is 0.340 e. The average Bonchev–Trinajstić information content (AvgIpc) is 3.18. The highest BCUT2D eigenvalue weighted by Gasteiger charge is 2.16. The molecule has 2 aromatic heterocycles. The fraction of sp³-hybridized carbons (Fsp3) is 0.258.